The minimum atomic E-state index is 0.0721. The third-order valence-electron chi connectivity index (χ3n) is 4.94. The van der Waals surface area contributed by atoms with Crippen LogP contribution in [-0.4, -0.2) is 19.1 Å². The van der Waals surface area contributed by atoms with Gasteiger partial charge in [0, 0.05) is 6.42 Å². The quantitative estimate of drug-likeness (QED) is 0.927. The molecule has 4 heteroatoms. The molecule has 0 spiro atoms. The summed E-state index contributed by atoms with van der Waals surface area (Å²) in [6.45, 7) is 1.19. The van der Waals surface area contributed by atoms with E-state index in [1.807, 2.05) is 18.2 Å². The number of fused-ring (bicyclic) bond motifs is 2. The third kappa shape index (κ3) is 3.63. The molecule has 0 radical (unpaired) electrons. The molecule has 1 unspecified atom stereocenters. The van der Waals surface area contributed by atoms with Gasteiger partial charge in [0.25, 0.3) is 0 Å². The van der Waals surface area contributed by atoms with Crippen LogP contribution in [0.25, 0.3) is 0 Å². The van der Waals surface area contributed by atoms with Crippen LogP contribution in [0, 0.1) is 0 Å². The van der Waals surface area contributed by atoms with Gasteiger partial charge in [0.2, 0.25) is 5.91 Å². The number of benzene rings is 2. The average molecular weight is 337 g/mol. The Morgan fingerprint density at radius 3 is 2.64 bits per heavy atom. The van der Waals surface area contributed by atoms with Crippen LogP contribution in [0.4, 0.5) is 0 Å². The van der Waals surface area contributed by atoms with Gasteiger partial charge in [-0.1, -0.05) is 30.3 Å². The van der Waals surface area contributed by atoms with Gasteiger partial charge >= 0.3 is 0 Å². The number of hydrogen-bond donors (Lipinski definition) is 1. The second-order valence-electron chi connectivity index (χ2n) is 6.69. The van der Waals surface area contributed by atoms with E-state index < -0.39 is 0 Å². The van der Waals surface area contributed by atoms with E-state index in [0.717, 1.165) is 37.2 Å². The standard InChI is InChI=1S/C21H23NO3/c23-21(10-9-15-5-2-1-3-6-15)22-18-8-4-7-16-13-19-20(14-17(16)18)25-12-11-24-19/h1-3,5-6,13-14,18H,4,7-12H2,(H,22,23). The summed E-state index contributed by atoms with van der Waals surface area (Å²) in [5.74, 6) is 1.74. The van der Waals surface area contributed by atoms with Crippen molar-refractivity contribution in [1.29, 1.82) is 0 Å². The zero-order valence-corrected chi connectivity index (χ0v) is 14.3. The number of hydrogen-bond acceptors (Lipinski definition) is 3. The van der Waals surface area contributed by atoms with Crippen molar-refractivity contribution >= 4 is 5.91 Å². The summed E-state index contributed by atoms with van der Waals surface area (Å²) in [6.07, 6.45) is 4.37. The normalized spacial score (nSPS) is 18.3. The first kappa shape index (κ1) is 16.0. The van der Waals surface area contributed by atoms with Gasteiger partial charge in [-0.2, -0.15) is 0 Å². The number of rotatable bonds is 4. The Bertz CT molecular complexity index is 757. The molecule has 0 fully saturated rings. The molecule has 1 aliphatic heterocycles. The molecule has 0 saturated heterocycles. The van der Waals surface area contributed by atoms with Crippen LogP contribution in [0.15, 0.2) is 42.5 Å². The monoisotopic (exact) mass is 337 g/mol. The second kappa shape index (κ2) is 7.18. The van der Waals surface area contributed by atoms with Crippen LogP contribution in [0.5, 0.6) is 11.5 Å². The molecular formula is C21H23NO3. The summed E-state index contributed by atoms with van der Waals surface area (Å²) < 4.78 is 11.4. The van der Waals surface area contributed by atoms with Crippen molar-refractivity contribution < 1.29 is 14.3 Å². The topological polar surface area (TPSA) is 47.6 Å². The van der Waals surface area contributed by atoms with E-state index in [-0.39, 0.29) is 11.9 Å². The van der Waals surface area contributed by atoms with E-state index >= 15 is 0 Å². The smallest absolute Gasteiger partial charge is 0.220 e. The SMILES string of the molecule is O=C(CCc1ccccc1)NC1CCCc2cc3c(cc21)OCCO3. The van der Waals surface area contributed by atoms with E-state index in [9.17, 15) is 4.79 Å². The molecule has 4 nitrogen and oxygen atoms in total. The van der Waals surface area contributed by atoms with Gasteiger partial charge in [-0.3, -0.25) is 4.79 Å². The summed E-state index contributed by atoms with van der Waals surface area (Å²) in [6, 6.07) is 14.4. The lowest BCUT2D eigenvalue weighted by atomic mass is 9.87. The summed E-state index contributed by atoms with van der Waals surface area (Å²) in [4.78, 5) is 12.4. The van der Waals surface area contributed by atoms with E-state index in [1.54, 1.807) is 0 Å². The fraction of sp³-hybridized carbons (Fsp3) is 0.381. The first-order valence-electron chi connectivity index (χ1n) is 9.05. The number of nitrogens with one attached hydrogen (secondary N) is 1. The van der Waals surface area contributed by atoms with Gasteiger partial charge in [-0.25, -0.2) is 0 Å². The maximum Gasteiger partial charge on any atom is 0.220 e. The second-order valence-corrected chi connectivity index (χ2v) is 6.69. The van der Waals surface area contributed by atoms with Crippen molar-refractivity contribution in [1.82, 2.24) is 5.32 Å². The Kier molecular flexibility index (Phi) is 4.59. The molecule has 2 aromatic carbocycles. The van der Waals surface area contributed by atoms with Crippen LogP contribution in [0.3, 0.4) is 0 Å². The number of ether oxygens (including phenoxy) is 2. The summed E-state index contributed by atoms with van der Waals surface area (Å²) in [5, 5.41) is 3.22. The molecule has 0 saturated carbocycles. The van der Waals surface area contributed by atoms with Gasteiger partial charge in [-0.05, 0) is 54.5 Å². The zero-order chi connectivity index (χ0) is 17.1. The van der Waals surface area contributed by atoms with Gasteiger partial charge in [-0.15, -0.1) is 0 Å². The average Bonchev–Trinajstić information content (AvgIpc) is 2.66. The predicted octanol–water partition coefficient (Wildman–Crippen LogP) is 3.58. The molecule has 4 rings (SSSR count). The van der Waals surface area contributed by atoms with Crippen molar-refractivity contribution in [3.63, 3.8) is 0 Å². The molecule has 130 valence electrons. The van der Waals surface area contributed by atoms with Crippen LogP contribution >= 0.6 is 0 Å². The van der Waals surface area contributed by atoms with Gasteiger partial charge < -0.3 is 14.8 Å². The van der Waals surface area contributed by atoms with E-state index in [0.29, 0.717) is 19.6 Å². The third-order valence-corrected chi connectivity index (χ3v) is 4.94. The Morgan fingerprint density at radius 2 is 1.84 bits per heavy atom. The van der Waals surface area contributed by atoms with Crippen LogP contribution < -0.4 is 14.8 Å². The lowest BCUT2D eigenvalue weighted by molar-refractivity contribution is -0.121. The predicted molar refractivity (Wildman–Crippen MR) is 96.0 cm³/mol. The first-order chi connectivity index (χ1) is 12.3. The van der Waals surface area contributed by atoms with Gasteiger partial charge in [0.15, 0.2) is 11.5 Å². The van der Waals surface area contributed by atoms with Crippen molar-refractivity contribution in [2.75, 3.05) is 13.2 Å². The highest BCUT2D eigenvalue weighted by atomic mass is 16.6. The first-order valence-corrected chi connectivity index (χ1v) is 9.05. The molecular weight excluding hydrogens is 314 g/mol. The molecule has 2 aromatic rings. The molecule has 0 aromatic heterocycles. The van der Waals surface area contributed by atoms with Crippen molar-refractivity contribution in [2.24, 2.45) is 0 Å². The lowest BCUT2D eigenvalue weighted by Gasteiger charge is -2.29. The van der Waals surface area contributed by atoms with Crippen molar-refractivity contribution in [3.05, 3.63) is 59.2 Å². The highest BCUT2D eigenvalue weighted by molar-refractivity contribution is 5.77. The van der Waals surface area contributed by atoms with Crippen molar-refractivity contribution in [3.8, 4) is 11.5 Å². The molecule has 2 aliphatic rings. The minimum absolute atomic E-state index is 0.0721. The number of carbonyl (C=O) groups is 1. The van der Waals surface area contributed by atoms with Crippen LogP contribution in [0.1, 0.15) is 42.0 Å². The highest BCUT2D eigenvalue weighted by Crippen LogP contribution is 2.39. The molecule has 25 heavy (non-hydrogen) atoms. The molecule has 0 bridgehead atoms. The Labute approximate surface area is 148 Å². The lowest BCUT2D eigenvalue weighted by Crippen LogP contribution is -2.31. The summed E-state index contributed by atoms with van der Waals surface area (Å²) >= 11 is 0. The molecule has 1 N–H and O–H groups in total. The molecule has 1 aliphatic carbocycles. The summed E-state index contributed by atoms with van der Waals surface area (Å²) in [7, 11) is 0. The Morgan fingerprint density at radius 1 is 1.08 bits per heavy atom. The number of aryl methyl sites for hydroxylation is 2. The maximum atomic E-state index is 12.4. The van der Waals surface area contributed by atoms with Crippen molar-refractivity contribution in [2.45, 2.75) is 38.1 Å². The Hall–Kier alpha value is -2.49. The number of carbonyl (C=O) groups excluding carboxylic acids is 1. The minimum Gasteiger partial charge on any atom is -0.486 e. The fourth-order valence-electron chi connectivity index (χ4n) is 3.66. The van der Waals surface area contributed by atoms with Gasteiger partial charge in [0.05, 0.1) is 6.04 Å². The summed E-state index contributed by atoms with van der Waals surface area (Å²) in [5.41, 5.74) is 3.65. The van der Waals surface area contributed by atoms with Crippen LogP contribution in [0.2, 0.25) is 0 Å². The Balaban J connectivity index is 1.44. The highest BCUT2D eigenvalue weighted by Gasteiger charge is 2.25. The van der Waals surface area contributed by atoms with Crippen LogP contribution in [-0.2, 0) is 17.6 Å². The van der Waals surface area contributed by atoms with Gasteiger partial charge in [0.1, 0.15) is 13.2 Å². The van der Waals surface area contributed by atoms with E-state index in [1.165, 1.54) is 16.7 Å². The fourth-order valence-corrected chi connectivity index (χ4v) is 3.66. The largest absolute Gasteiger partial charge is 0.486 e. The number of amides is 1. The molecule has 1 atom stereocenters. The maximum absolute atomic E-state index is 12.4. The van der Waals surface area contributed by atoms with E-state index in [4.69, 9.17) is 9.47 Å². The zero-order valence-electron chi connectivity index (χ0n) is 14.3. The molecule has 1 amide bonds. The van der Waals surface area contributed by atoms with E-state index in [2.05, 4.69) is 29.6 Å². The molecule has 1 heterocycles.